The monoisotopic (exact) mass is 309 g/mol. The minimum absolute atomic E-state index is 0.117. The molecule has 15 heavy (non-hydrogen) atoms. The summed E-state index contributed by atoms with van der Waals surface area (Å²) >= 11 is 14.8. The van der Waals surface area contributed by atoms with Crippen LogP contribution < -0.4 is 0 Å². The van der Waals surface area contributed by atoms with Crippen LogP contribution in [0.5, 0.6) is 0 Å². The van der Waals surface area contributed by atoms with E-state index in [1.54, 1.807) is 30.1 Å². The lowest BCUT2D eigenvalue weighted by atomic mass is 10.2. The van der Waals surface area contributed by atoms with Gasteiger partial charge in [-0.25, -0.2) is 0 Å². The van der Waals surface area contributed by atoms with Gasteiger partial charge in [0.1, 0.15) is 0 Å². The number of alkyl halides is 1. The molecule has 0 bridgehead atoms. The van der Waals surface area contributed by atoms with Crippen molar-refractivity contribution >= 4 is 45.0 Å². The van der Waals surface area contributed by atoms with E-state index in [4.69, 9.17) is 23.2 Å². The number of nitrogens with zero attached hydrogens (tertiary/aromatic N) is 1. The van der Waals surface area contributed by atoms with Gasteiger partial charge < -0.3 is 4.90 Å². The number of amides is 1. The lowest BCUT2D eigenvalue weighted by molar-refractivity contribution is 0.0803. The lowest BCUT2D eigenvalue weighted by Gasteiger charge is -2.16. The van der Waals surface area contributed by atoms with Gasteiger partial charge in [0.2, 0.25) is 0 Å². The fourth-order valence-electron chi connectivity index (χ4n) is 1.10. The van der Waals surface area contributed by atoms with E-state index in [0.29, 0.717) is 23.0 Å². The molecule has 1 aromatic carbocycles. The third kappa shape index (κ3) is 3.37. The molecule has 1 aromatic rings. The zero-order chi connectivity index (χ0) is 11.4. The number of hydrogen-bond donors (Lipinski definition) is 0. The van der Waals surface area contributed by atoms with Gasteiger partial charge in [-0.1, -0.05) is 27.5 Å². The summed E-state index contributed by atoms with van der Waals surface area (Å²) in [6.45, 7) is 0.507. The Morgan fingerprint density at radius 1 is 1.53 bits per heavy atom. The summed E-state index contributed by atoms with van der Waals surface area (Å²) in [4.78, 5) is 13.4. The van der Waals surface area contributed by atoms with Crippen LogP contribution in [0.4, 0.5) is 0 Å². The Kier molecular flexibility index (Phi) is 4.90. The molecule has 0 aliphatic carbocycles. The van der Waals surface area contributed by atoms with Crippen LogP contribution in [0.3, 0.4) is 0 Å². The summed E-state index contributed by atoms with van der Waals surface area (Å²) in [6.07, 6.45) is 0. The second-order valence-electron chi connectivity index (χ2n) is 3.04. The van der Waals surface area contributed by atoms with E-state index in [9.17, 15) is 4.79 Å². The number of benzene rings is 1. The van der Waals surface area contributed by atoms with Crippen molar-refractivity contribution in [3.05, 3.63) is 33.3 Å². The first-order valence-corrected chi connectivity index (χ1v) is 6.03. The Morgan fingerprint density at radius 3 is 2.73 bits per heavy atom. The molecule has 0 aliphatic rings. The molecule has 82 valence electrons. The lowest BCUT2D eigenvalue weighted by Crippen LogP contribution is -2.28. The molecule has 2 nitrogen and oxygen atoms in total. The predicted octanol–water partition coefficient (Wildman–Crippen LogP) is 3.41. The quantitative estimate of drug-likeness (QED) is 0.783. The molecule has 0 aliphatic heterocycles. The molecular weight excluding hydrogens is 301 g/mol. The molecule has 0 spiro atoms. The average molecular weight is 311 g/mol. The van der Waals surface area contributed by atoms with Gasteiger partial charge in [0.05, 0.1) is 10.6 Å². The van der Waals surface area contributed by atoms with Gasteiger partial charge in [0.15, 0.2) is 0 Å². The predicted molar refractivity (Wildman–Crippen MR) is 66.8 cm³/mol. The third-order valence-electron chi connectivity index (χ3n) is 1.93. The average Bonchev–Trinajstić information content (AvgIpc) is 2.17. The molecule has 1 rings (SSSR count). The summed E-state index contributed by atoms with van der Waals surface area (Å²) in [5, 5.41) is 0.441. The van der Waals surface area contributed by atoms with Gasteiger partial charge in [-0.15, -0.1) is 11.6 Å². The first kappa shape index (κ1) is 12.8. The zero-order valence-electron chi connectivity index (χ0n) is 8.14. The molecule has 0 heterocycles. The van der Waals surface area contributed by atoms with Crippen LogP contribution in [0, 0.1) is 0 Å². The van der Waals surface area contributed by atoms with Gasteiger partial charge in [-0.2, -0.15) is 0 Å². The van der Waals surface area contributed by atoms with Crippen molar-refractivity contribution < 1.29 is 4.79 Å². The second kappa shape index (κ2) is 5.73. The molecule has 0 aromatic heterocycles. The van der Waals surface area contributed by atoms with Gasteiger partial charge >= 0.3 is 0 Å². The number of carbonyl (C=O) groups is 1. The minimum Gasteiger partial charge on any atom is -0.340 e. The number of rotatable bonds is 3. The molecule has 5 heteroatoms. The number of carbonyl (C=O) groups excluding carboxylic acids is 1. The van der Waals surface area contributed by atoms with Crippen molar-refractivity contribution in [3.8, 4) is 0 Å². The smallest absolute Gasteiger partial charge is 0.255 e. The Bertz CT molecular complexity index is 370. The maximum absolute atomic E-state index is 11.8. The van der Waals surface area contributed by atoms with Gasteiger partial charge in [0.25, 0.3) is 5.91 Å². The maximum Gasteiger partial charge on any atom is 0.255 e. The zero-order valence-corrected chi connectivity index (χ0v) is 11.2. The summed E-state index contributed by atoms with van der Waals surface area (Å²) in [6, 6.07) is 5.18. The molecule has 1 amide bonds. The van der Waals surface area contributed by atoms with Crippen molar-refractivity contribution in [1.29, 1.82) is 0 Å². The van der Waals surface area contributed by atoms with Gasteiger partial charge in [-0.3, -0.25) is 4.79 Å². The van der Waals surface area contributed by atoms with Crippen molar-refractivity contribution in [2.45, 2.75) is 0 Å². The molecule has 0 fully saturated rings. The Labute approximate surface area is 107 Å². The highest BCUT2D eigenvalue weighted by molar-refractivity contribution is 9.10. The SMILES string of the molecule is CN(CCCl)C(=O)c1ccc(Br)cc1Cl. The summed E-state index contributed by atoms with van der Waals surface area (Å²) < 4.78 is 0.851. The van der Waals surface area contributed by atoms with Crippen LogP contribution in [0.25, 0.3) is 0 Å². The number of hydrogen-bond acceptors (Lipinski definition) is 1. The van der Waals surface area contributed by atoms with Crippen molar-refractivity contribution in [1.82, 2.24) is 4.90 Å². The fraction of sp³-hybridized carbons (Fsp3) is 0.300. The topological polar surface area (TPSA) is 20.3 Å². The van der Waals surface area contributed by atoms with Crippen molar-refractivity contribution in [2.24, 2.45) is 0 Å². The highest BCUT2D eigenvalue weighted by atomic mass is 79.9. The highest BCUT2D eigenvalue weighted by Crippen LogP contribution is 2.22. The summed E-state index contributed by atoms with van der Waals surface area (Å²) in [5.74, 6) is 0.296. The van der Waals surface area contributed by atoms with Crippen LogP contribution in [-0.4, -0.2) is 30.3 Å². The van der Waals surface area contributed by atoms with E-state index in [2.05, 4.69) is 15.9 Å². The highest BCUT2D eigenvalue weighted by Gasteiger charge is 2.14. The van der Waals surface area contributed by atoms with E-state index in [-0.39, 0.29) is 5.91 Å². The van der Waals surface area contributed by atoms with E-state index in [1.165, 1.54) is 0 Å². The first-order valence-electron chi connectivity index (χ1n) is 4.32. The largest absolute Gasteiger partial charge is 0.340 e. The molecule has 0 atom stereocenters. The molecule has 0 N–H and O–H groups in total. The van der Waals surface area contributed by atoms with Crippen LogP contribution in [0.15, 0.2) is 22.7 Å². The van der Waals surface area contributed by atoms with Crippen molar-refractivity contribution in [3.63, 3.8) is 0 Å². The van der Waals surface area contributed by atoms with Gasteiger partial charge in [0, 0.05) is 23.9 Å². The maximum atomic E-state index is 11.8. The normalized spacial score (nSPS) is 10.1. The van der Waals surface area contributed by atoms with E-state index in [0.717, 1.165) is 4.47 Å². The second-order valence-corrected chi connectivity index (χ2v) is 4.74. The first-order chi connectivity index (χ1) is 7.06. The Morgan fingerprint density at radius 2 is 2.20 bits per heavy atom. The Hall–Kier alpha value is -0.250. The molecule has 0 unspecified atom stereocenters. The Balaban J connectivity index is 2.91. The van der Waals surface area contributed by atoms with Crippen LogP contribution >= 0.6 is 39.1 Å². The standard InChI is InChI=1S/C10H10BrCl2NO/c1-14(5-4-12)10(15)8-3-2-7(11)6-9(8)13/h2-3,6H,4-5H2,1H3. The molecule has 0 radical (unpaired) electrons. The fourth-order valence-corrected chi connectivity index (χ4v) is 2.10. The number of halogens is 3. The third-order valence-corrected chi connectivity index (χ3v) is 2.90. The summed E-state index contributed by atoms with van der Waals surface area (Å²) in [5.41, 5.74) is 0.493. The minimum atomic E-state index is -0.117. The van der Waals surface area contributed by atoms with Gasteiger partial charge in [-0.05, 0) is 18.2 Å². The van der Waals surface area contributed by atoms with Crippen LogP contribution in [0.1, 0.15) is 10.4 Å². The van der Waals surface area contributed by atoms with E-state index < -0.39 is 0 Å². The van der Waals surface area contributed by atoms with Crippen molar-refractivity contribution in [2.75, 3.05) is 19.5 Å². The van der Waals surface area contributed by atoms with Crippen LogP contribution in [0.2, 0.25) is 5.02 Å². The molecule has 0 saturated carbocycles. The van der Waals surface area contributed by atoms with Crippen LogP contribution in [-0.2, 0) is 0 Å². The molecular formula is C10H10BrCl2NO. The van der Waals surface area contributed by atoms with E-state index in [1.807, 2.05) is 0 Å². The summed E-state index contributed by atoms with van der Waals surface area (Å²) in [7, 11) is 1.70. The molecule has 0 saturated heterocycles. The van der Waals surface area contributed by atoms with E-state index >= 15 is 0 Å².